The monoisotopic (exact) mass is 398 g/mol. The summed E-state index contributed by atoms with van der Waals surface area (Å²) in [5.74, 6) is 7.54. The highest BCUT2D eigenvalue weighted by Gasteiger charge is 2.10. The van der Waals surface area contributed by atoms with Crippen molar-refractivity contribution in [1.82, 2.24) is 9.55 Å². The average molecular weight is 399 g/mol. The van der Waals surface area contributed by atoms with Crippen molar-refractivity contribution in [2.45, 2.75) is 33.2 Å². The Labute approximate surface area is 155 Å². The second-order valence-corrected chi connectivity index (χ2v) is 7.45. The number of nitrogens with zero attached hydrogens (tertiary/aromatic N) is 2. The van der Waals surface area contributed by atoms with Gasteiger partial charge in [-0.15, -0.1) is 11.3 Å². The number of imidazole rings is 1. The third kappa shape index (κ3) is 3.98. The van der Waals surface area contributed by atoms with E-state index in [0.717, 1.165) is 33.7 Å². The molecule has 0 saturated heterocycles. The molecule has 0 atom stereocenters. The van der Waals surface area contributed by atoms with Crippen molar-refractivity contribution >= 4 is 27.3 Å². The van der Waals surface area contributed by atoms with Gasteiger partial charge >= 0.3 is 0 Å². The first-order valence-corrected chi connectivity index (χ1v) is 9.74. The molecule has 0 spiro atoms. The largest absolute Gasteiger partial charge is 0.330 e. The maximum atomic E-state index is 4.70. The lowest BCUT2D eigenvalue weighted by Crippen LogP contribution is -1.98. The number of benzene rings is 1. The van der Waals surface area contributed by atoms with Crippen LogP contribution in [0.2, 0.25) is 0 Å². The average Bonchev–Trinajstić information content (AvgIpc) is 3.18. The minimum absolute atomic E-state index is 1.01. The molecule has 0 N–H and O–H groups in total. The molecule has 3 rings (SSSR count). The normalized spacial score (nSPS) is 10.5. The molecule has 2 nitrogen and oxygen atoms in total. The molecule has 2 heterocycles. The number of rotatable bonds is 4. The van der Waals surface area contributed by atoms with Crippen molar-refractivity contribution in [3.05, 3.63) is 63.2 Å². The summed E-state index contributed by atoms with van der Waals surface area (Å²) in [4.78, 5) is 5.87. The summed E-state index contributed by atoms with van der Waals surface area (Å²) in [6.07, 6.45) is 4.49. The Bertz CT molecular complexity index is 896. The van der Waals surface area contributed by atoms with Gasteiger partial charge in [-0.05, 0) is 47.5 Å². The molecule has 3 aromatic rings. The first kappa shape index (κ1) is 17.0. The smallest absolute Gasteiger partial charge is 0.150 e. The van der Waals surface area contributed by atoms with Crippen LogP contribution >= 0.6 is 27.3 Å². The lowest BCUT2D eigenvalue weighted by molar-refractivity contribution is 0.637. The van der Waals surface area contributed by atoms with Crippen LogP contribution in [0.4, 0.5) is 0 Å². The molecule has 0 aliphatic carbocycles. The van der Waals surface area contributed by atoms with Gasteiger partial charge in [0.1, 0.15) is 5.82 Å². The highest BCUT2D eigenvalue weighted by atomic mass is 79.9. The summed E-state index contributed by atoms with van der Waals surface area (Å²) in [6.45, 7) is 5.28. The SMILES string of the molecule is CCCCn1cc(C)nc1-c1cc(C#Cc2ccccc2Br)cs1. The van der Waals surface area contributed by atoms with Gasteiger partial charge in [0, 0.05) is 33.7 Å². The second-order valence-electron chi connectivity index (χ2n) is 5.68. The van der Waals surface area contributed by atoms with Gasteiger partial charge in [-0.1, -0.05) is 37.3 Å². The van der Waals surface area contributed by atoms with E-state index in [4.69, 9.17) is 4.98 Å². The van der Waals surface area contributed by atoms with Crippen LogP contribution in [0.25, 0.3) is 10.7 Å². The number of aryl methyl sites for hydroxylation is 2. The zero-order chi connectivity index (χ0) is 16.9. The molecule has 0 saturated carbocycles. The van der Waals surface area contributed by atoms with Crippen molar-refractivity contribution in [3.63, 3.8) is 0 Å². The lowest BCUT2D eigenvalue weighted by atomic mass is 10.2. The Kier molecular flexibility index (Phi) is 5.55. The summed E-state index contributed by atoms with van der Waals surface area (Å²) in [7, 11) is 0. The number of hydrogen-bond donors (Lipinski definition) is 0. The maximum Gasteiger partial charge on any atom is 0.150 e. The van der Waals surface area contributed by atoms with E-state index < -0.39 is 0 Å². The topological polar surface area (TPSA) is 17.8 Å². The van der Waals surface area contributed by atoms with E-state index in [-0.39, 0.29) is 0 Å². The highest BCUT2D eigenvalue weighted by molar-refractivity contribution is 9.10. The van der Waals surface area contributed by atoms with Crippen molar-refractivity contribution in [2.75, 3.05) is 0 Å². The van der Waals surface area contributed by atoms with Gasteiger partial charge in [0.05, 0.1) is 10.6 Å². The summed E-state index contributed by atoms with van der Waals surface area (Å²) >= 11 is 5.24. The van der Waals surface area contributed by atoms with Crippen molar-refractivity contribution in [2.24, 2.45) is 0 Å². The maximum absolute atomic E-state index is 4.70. The fourth-order valence-electron chi connectivity index (χ4n) is 2.46. The molecule has 24 heavy (non-hydrogen) atoms. The van der Waals surface area contributed by atoms with Gasteiger partial charge < -0.3 is 4.57 Å². The zero-order valence-corrected chi connectivity index (χ0v) is 16.2. The molecule has 0 amide bonds. The van der Waals surface area contributed by atoms with Crippen molar-refractivity contribution < 1.29 is 0 Å². The van der Waals surface area contributed by atoms with Crippen LogP contribution in [0.15, 0.2) is 46.4 Å². The summed E-state index contributed by atoms with van der Waals surface area (Å²) in [5, 5.41) is 2.10. The molecular formula is C20H19BrN2S. The molecular weight excluding hydrogens is 380 g/mol. The summed E-state index contributed by atoms with van der Waals surface area (Å²) in [5.41, 5.74) is 3.11. The third-order valence-electron chi connectivity index (χ3n) is 3.68. The zero-order valence-electron chi connectivity index (χ0n) is 13.8. The Hall–Kier alpha value is -1.83. The van der Waals surface area contributed by atoms with Gasteiger partial charge in [-0.2, -0.15) is 0 Å². The predicted molar refractivity (Wildman–Crippen MR) is 105 cm³/mol. The van der Waals surface area contributed by atoms with E-state index in [0.29, 0.717) is 0 Å². The molecule has 122 valence electrons. The standard InChI is InChI=1S/C20H19BrN2S/c1-3-4-11-23-13-15(2)22-20(23)19-12-16(14-24-19)9-10-17-7-5-6-8-18(17)21/h5-8,12-14H,3-4,11H2,1-2H3. The van der Waals surface area contributed by atoms with Gasteiger partial charge in [-0.25, -0.2) is 4.98 Å². The van der Waals surface area contributed by atoms with Crippen LogP contribution in [0.5, 0.6) is 0 Å². The molecule has 4 heteroatoms. The number of aromatic nitrogens is 2. The van der Waals surface area contributed by atoms with E-state index in [2.05, 4.69) is 56.9 Å². The van der Waals surface area contributed by atoms with Crippen LogP contribution in [-0.4, -0.2) is 9.55 Å². The van der Waals surface area contributed by atoms with E-state index >= 15 is 0 Å². The second kappa shape index (κ2) is 7.83. The Morgan fingerprint density at radius 2 is 2.08 bits per heavy atom. The van der Waals surface area contributed by atoms with Crippen molar-refractivity contribution in [3.8, 4) is 22.5 Å². The molecule has 0 radical (unpaired) electrons. The van der Waals surface area contributed by atoms with Gasteiger partial charge in [0.15, 0.2) is 0 Å². The summed E-state index contributed by atoms with van der Waals surface area (Å²) < 4.78 is 3.29. The van der Waals surface area contributed by atoms with E-state index in [1.165, 1.54) is 17.7 Å². The minimum atomic E-state index is 1.01. The Morgan fingerprint density at radius 3 is 2.88 bits per heavy atom. The molecule has 0 aliphatic rings. The van der Waals surface area contributed by atoms with Crippen molar-refractivity contribution in [1.29, 1.82) is 0 Å². The third-order valence-corrected chi connectivity index (χ3v) is 5.30. The van der Waals surface area contributed by atoms with Crippen LogP contribution in [0, 0.1) is 18.8 Å². The molecule has 0 fully saturated rings. The minimum Gasteiger partial charge on any atom is -0.330 e. The summed E-state index contributed by atoms with van der Waals surface area (Å²) in [6, 6.07) is 10.2. The number of halogens is 1. The molecule has 0 aliphatic heterocycles. The first-order chi connectivity index (χ1) is 11.7. The van der Waals surface area contributed by atoms with E-state index in [1.54, 1.807) is 11.3 Å². The predicted octanol–water partition coefficient (Wildman–Crippen LogP) is 5.88. The Morgan fingerprint density at radius 1 is 1.25 bits per heavy atom. The number of thiophene rings is 1. The van der Waals surface area contributed by atoms with E-state index in [1.807, 2.05) is 31.2 Å². The van der Waals surface area contributed by atoms with Gasteiger partial charge in [0.25, 0.3) is 0 Å². The fourth-order valence-corrected chi connectivity index (χ4v) is 3.69. The van der Waals surface area contributed by atoms with Crippen LogP contribution in [-0.2, 0) is 6.54 Å². The van der Waals surface area contributed by atoms with E-state index in [9.17, 15) is 0 Å². The first-order valence-electron chi connectivity index (χ1n) is 8.06. The molecule has 2 aromatic heterocycles. The Balaban J connectivity index is 1.86. The molecule has 0 unspecified atom stereocenters. The van der Waals surface area contributed by atoms with Crippen LogP contribution in [0.1, 0.15) is 36.6 Å². The molecule has 1 aromatic carbocycles. The number of hydrogen-bond acceptors (Lipinski definition) is 2. The van der Waals surface area contributed by atoms with Gasteiger partial charge in [-0.3, -0.25) is 0 Å². The number of unbranched alkanes of at least 4 members (excludes halogenated alkanes) is 1. The fraction of sp³-hybridized carbons (Fsp3) is 0.250. The quantitative estimate of drug-likeness (QED) is 0.501. The van der Waals surface area contributed by atoms with Crippen LogP contribution in [0.3, 0.4) is 0 Å². The van der Waals surface area contributed by atoms with Crippen LogP contribution < -0.4 is 0 Å². The van der Waals surface area contributed by atoms with Gasteiger partial charge in [0.2, 0.25) is 0 Å². The molecule has 0 bridgehead atoms. The lowest BCUT2D eigenvalue weighted by Gasteiger charge is -2.04. The highest BCUT2D eigenvalue weighted by Crippen LogP contribution is 2.27.